The maximum atomic E-state index is 13.5. The van der Waals surface area contributed by atoms with Crippen molar-refractivity contribution in [3.05, 3.63) is 60.8 Å². The molecule has 1 fully saturated rings. The first kappa shape index (κ1) is 88.4. The van der Waals surface area contributed by atoms with Gasteiger partial charge in [0.05, 0.1) is 25.4 Å². The number of aliphatic hydroxyl groups is 5. The molecule has 1 heterocycles. The van der Waals surface area contributed by atoms with Crippen molar-refractivity contribution in [3.63, 3.8) is 0 Å². The lowest BCUT2D eigenvalue weighted by Crippen LogP contribution is -2.61. The van der Waals surface area contributed by atoms with Crippen molar-refractivity contribution in [2.75, 3.05) is 13.2 Å². The van der Waals surface area contributed by atoms with Gasteiger partial charge in [0.1, 0.15) is 24.4 Å². The number of amides is 1. The number of nitrogens with one attached hydrogen (secondary N) is 1. The molecule has 1 rings (SSSR count). The Labute approximate surface area is 573 Å². The summed E-state index contributed by atoms with van der Waals surface area (Å²) in [6.07, 6.45) is 79.9. The summed E-state index contributed by atoms with van der Waals surface area (Å²) in [6, 6.07) is -1.03. The van der Waals surface area contributed by atoms with Crippen LogP contribution in [0.4, 0.5) is 0 Å². The van der Waals surface area contributed by atoms with E-state index in [-0.39, 0.29) is 13.0 Å². The molecule has 0 aliphatic carbocycles. The Hall–Kier alpha value is -2.64. The number of carbonyl (C=O) groups is 2. The molecule has 0 spiro atoms. The predicted octanol–water partition coefficient (Wildman–Crippen LogP) is 21.6. The number of aliphatic hydroxyl groups excluding tert-OH is 5. The van der Waals surface area contributed by atoms with E-state index in [1.807, 2.05) is 6.08 Å². The van der Waals surface area contributed by atoms with Crippen LogP contribution < -0.4 is 5.32 Å². The minimum absolute atomic E-state index is 0.117. The highest BCUT2D eigenvalue weighted by molar-refractivity contribution is 5.80. The molecule has 93 heavy (non-hydrogen) atoms. The van der Waals surface area contributed by atoms with Gasteiger partial charge < -0.3 is 45.1 Å². The fourth-order valence-electron chi connectivity index (χ4n) is 12.6. The Morgan fingerprint density at radius 3 is 1.13 bits per heavy atom. The highest BCUT2D eigenvalue weighted by Crippen LogP contribution is 2.27. The average Bonchev–Trinajstić information content (AvgIpc) is 0.843. The molecule has 0 radical (unpaired) electrons. The van der Waals surface area contributed by atoms with Crippen molar-refractivity contribution in [1.82, 2.24) is 5.32 Å². The molecule has 0 aromatic heterocycles. The van der Waals surface area contributed by atoms with Gasteiger partial charge >= 0.3 is 5.97 Å². The monoisotopic (exact) mass is 1310 g/mol. The average molecular weight is 1310 g/mol. The molecule has 0 aromatic carbocycles. The lowest BCUT2D eigenvalue weighted by molar-refractivity contribution is -0.305. The van der Waals surface area contributed by atoms with Gasteiger partial charge in [-0.05, 0) is 70.6 Å². The molecule has 1 aliphatic heterocycles. The minimum atomic E-state index is -1.62. The highest BCUT2D eigenvalue weighted by Gasteiger charge is 2.47. The van der Waals surface area contributed by atoms with E-state index in [2.05, 4.69) is 74.7 Å². The first-order valence-corrected chi connectivity index (χ1v) is 40.1. The summed E-state index contributed by atoms with van der Waals surface area (Å²) in [6.45, 7) is 5.83. The van der Waals surface area contributed by atoms with Crippen LogP contribution >= 0.6 is 0 Å². The first-order valence-electron chi connectivity index (χ1n) is 40.1. The smallest absolute Gasteiger partial charge is 0.306 e. The molecule has 1 saturated heterocycles. The van der Waals surface area contributed by atoms with Crippen molar-refractivity contribution in [3.8, 4) is 0 Å². The molecular weight excluding hydrogens is 1160 g/mol. The first-order chi connectivity index (χ1) is 45.7. The van der Waals surface area contributed by atoms with Crippen LogP contribution in [0.3, 0.4) is 0 Å². The molecule has 1 amide bonds. The van der Waals surface area contributed by atoms with Crippen LogP contribution in [-0.2, 0) is 23.8 Å². The van der Waals surface area contributed by atoms with E-state index >= 15 is 0 Å². The van der Waals surface area contributed by atoms with E-state index in [0.717, 1.165) is 89.9 Å². The van der Waals surface area contributed by atoms with Gasteiger partial charge in [-0.25, -0.2) is 0 Å². The number of unbranched alkanes of at least 4 members (excludes halogenated alkanes) is 48. The van der Waals surface area contributed by atoms with E-state index < -0.39 is 67.4 Å². The Bertz CT molecular complexity index is 1750. The summed E-state index contributed by atoms with van der Waals surface area (Å²) in [5.41, 5.74) is 0. The SMILES string of the molecule is CCCCC/C=C\C/C=C\C/C=C\C/C=C\CCCCCCCCCCCC(=O)OC1C(OCC(NC(=O)C(O)CCCCCCCCCCCCCCCCCCCCCCCCCCCC)C(O)/C=C/CCCCCCCCCCCCC)OC(CO)C(O)C1O. The summed E-state index contributed by atoms with van der Waals surface area (Å²) in [5.74, 6) is -1.18. The highest BCUT2D eigenvalue weighted by atomic mass is 16.7. The molecule has 8 unspecified atom stereocenters. The second-order valence-electron chi connectivity index (χ2n) is 27.8. The van der Waals surface area contributed by atoms with Crippen LogP contribution in [0, 0.1) is 0 Å². The van der Waals surface area contributed by atoms with Crippen molar-refractivity contribution in [2.45, 2.75) is 436 Å². The lowest BCUT2D eigenvalue weighted by Gasteiger charge is -2.41. The normalized spacial score (nSPS) is 18.1. The molecule has 8 atom stereocenters. The molecule has 0 aromatic rings. The van der Waals surface area contributed by atoms with Gasteiger partial charge in [0.25, 0.3) is 0 Å². The summed E-state index contributed by atoms with van der Waals surface area (Å²) in [4.78, 5) is 26.8. The number of ether oxygens (including phenoxy) is 3. The van der Waals surface area contributed by atoms with Crippen molar-refractivity contribution < 1.29 is 49.3 Å². The topological polar surface area (TPSA) is 175 Å². The third-order valence-corrected chi connectivity index (χ3v) is 18.9. The van der Waals surface area contributed by atoms with Gasteiger partial charge in [-0.15, -0.1) is 0 Å². The van der Waals surface area contributed by atoms with Crippen LogP contribution in [0.15, 0.2) is 60.8 Å². The van der Waals surface area contributed by atoms with Crippen LogP contribution in [0.5, 0.6) is 0 Å². The van der Waals surface area contributed by atoms with Gasteiger partial charge in [0, 0.05) is 6.42 Å². The Balaban J connectivity index is 2.51. The van der Waals surface area contributed by atoms with E-state index in [0.29, 0.717) is 19.3 Å². The van der Waals surface area contributed by atoms with Gasteiger partial charge in [0.2, 0.25) is 5.91 Å². The summed E-state index contributed by atoms with van der Waals surface area (Å²) in [7, 11) is 0. The number of esters is 1. The molecule has 0 saturated carbocycles. The maximum Gasteiger partial charge on any atom is 0.306 e. The maximum absolute atomic E-state index is 13.5. The largest absolute Gasteiger partial charge is 0.454 e. The molecule has 1 aliphatic rings. The second kappa shape index (κ2) is 69.3. The third kappa shape index (κ3) is 56.0. The molecule has 11 heteroatoms. The van der Waals surface area contributed by atoms with Crippen molar-refractivity contribution in [2.24, 2.45) is 0 Å². The summed E-state index contributed by atoms with van der Waals surface area (Å²) < 4.78 is 17.8. The number of rotatable bonds is 70. The zero-order valence-electron chi connectivity index (χ0n) is 60.9. The summed E-state index contributed by atoms with van der Waals surface area (Å²) >= 11 is 0. The van der Waals surface area contributed by atoms with Crippen LogP contribution in [-0.4, -0.2) is 99.6 Å². The Morgan fingerprint density at radius 1 is 0.419 bits per heavy atom. The van der Waals surface area contributed by atoms with Gasteiger partial charge in [-0.2, -0.15) is 0 Å². The molecule has 6 N–H and O–H groups in total. The third-order valence-electron chi connectivity index (χ3n) is 18.9. The van der Waals surface area contributed by atoms with E-state index in [1.165, 1.54) is 250 Å². The number of allylic oxidation sites excluding steroid dienone is 9. The fourth-order valence-corrected chi connectivity index (χ4v) is 12.6. The molecule has 11 nitrogen and oxygen atoms in total. The minimum Gasteiger partial charge on any atom is -0.454 e. The zero-order chi connectivity index (χ0) is 67.4. The lowest BCUT2D eigenvalue weighted by atomic mass is 9.99. The van der Waals surface area contributed by atoms with Gasteiger partial charge in [-0.1, -0.05) is 370 Å². The standard InChI is InChI=1S/C82H151NO10/c1-4-7-10-13-16-19-22-25-27-29-31-33-35-37-39-40-42-44-46-48-51-54-57-60-63-66-69-75(86)81(90)83-73(74(85)68-65-62-59-56-53-50-24-21-18-15-12-9-6-3)72-91-82-80(79(89)78(88)76(71-84)92-82)93-77(87)70-67-64-61-58-55-52-49-47-45-43-41-38-36-34-32-30-28-26-23-20-17-14-11-8-5-2/h17,20,26,28,32,34,38,41,65,68,73-76,78-80,82,84-86,88-89H,4-16,18-19,21-25,27,29-31,33,35-37,39-40,42-64,66-67,69-72H2,1-3H3,(H,83,90)/b20-17-,28-26-,34-32-,41-38-,68-65+. The fraction of sp³-hybridized carbons (Fsp3) is 0.854. The second-order valence-corrected chi connectivity index (χ2v) is 27.8. The Morgan fingerprint density at radius 2 is 0.742 bits per heavy atom. The summed E-state index contributed by atoms with van der Waals surface area (Å²) in [5, 5.41) is 57.5. The van der Waals surface area contributed by atoms with Gasteiger partial charge in [-0.3, -0.25) is 9.59 Å². The van der Waals surface area contributed by atoms with Crippen molar-refractivity contribution in [1.29, 1.82) is 0 Å². The van der Waals surface area contributed by atoms with Gasteiger partial charge in [0.15, 0.2) is 12.4 Å². The van der Waals surface area contributed by atoms with E-state index in [9.17, 15) is 35.1 Å². The Kier molecular flexibility index (Phi) is 65.8. The van der Waals surface area contributed by atoms with Crippen molar-refractivity contribution >= 4 is 11.9 Å². The quantitative estimate of drug-likeness (QED) is 0.0195. The zero-order valence-corrected chi connectivity index (χ0v) is 60.9. The molecular formula is C82H151NO10. The van der Waals surface area contributed by atoms with Crippen LogP contribution in [0.25, 0.3) is 0 Å². The molecule has 0 bridgehead atoms. The van der Waals surface area contributed by atoms with Crippen LogP contribution in [0.1, 0.15) is 387 Å². The van der Waals surface area contributed by atoms with E-state index in [4.69, 9.17) is 14.2 Å². The number of hydrogen-bond acceptors (Lipinski definition) is 10. The van der Waals surface area contributed by atoms with E-state index in [1.54, 1.807) is 6.08 Å². The predicted molar refractivity (Wildman–Crippen MR) is 393 cm³/mol. The van der Waals surface area contributed by atoms with Crippen LogP contribution in [0.2, 0.25) is 0 Å². The molecule has 544 valence electrons. The number of carbonyl (C=O) groups excluding carboxylic acids is 2. The number of hydrogen-bond donors (Lipinski definition) is 6.